The van der Waals surface area contributed by atoms with Crippen molar-refractivity contribution in [2.45, 2.75) is 13.8 Å². The molecule has 0 fully saturated rings. The van der Waals surface area contributed by atoms with Gasteiger partial charge >= 0.3 is 5.97 Å². The molecule has 0 spiro atoms. The van der Waals surface area contributed by atoms with E-state index in [0.29, 0.717) is 18.1 Å². The van der Waals surface area contributed by atoms with Gasteiger partial charge in [0.15, 0.2) is 5.82 Å². The SMILES string of the molecule is CCOC(=O)/C=C(/C)Nc1cc(-c2ccc(Br)cc2)[nH]n1. The standard InChI is InChI=1S/C15H16BrN3O2/c1-3-21-15(20)8-10(2)17-14-9-13(18-19-14)11-4-6-12(16)7-5-11/h4-9H,3H2,1-2H3,(H2,17,18,19)/b10-8-. The molecule has 0 saturated carbocycles. The molecular weight excluding hydrogens is 334 g/mol. The molecule has 0 aliphatic rings. The Balaban J connectivity index is 2.06. The van der Waals surface area contributed by atoms with Crippen LogP contribution in [0.1, 0.15) is 13.8 Å². The summed E-state index contributed by atoms with van der Waals surface area (Å²) in [5.74, 6) is 0.275. The van der Waals surface area contributed by atoms with Gasteiger partial charge in [-0.3, -0.25) is 5.10 Å². The number of carbonyl (C=O) groups is 1. The molecule has 0 radical (unpaired) electrons. The summed E-state index contributed by atoms with van der Waals surface area (Å²) in [5, 5.41) is 10.2. The molecule has 1 heterocycles. The zero-order chi connectivity index (χ0) is 15.2. The lowest BCUT2D eigenvalue weighted by atomic mass is 10.1. The van der Waals surface area contributed by atoms with Crippen molar-refractivity contribution in [1.82, 2.24) is 10.2 Å². The molecule has 2 rings (SSSR count). The Labute approximate surface area is 131 Å². The van der Waals surface area contributed by atoms with E-state index in [0.717, 1.165) is 15.7 Å². The number of ether oxygens (including phenoxy) is 1. The first kappa shape index (κ1) is 15.3. The molecule has 0 saturated heterocycles. The van der Waals surface area contributed by atoms with Gasteiger partial charge in [0.2, 0.25) is 0 Å². The van der Waals surface area contributed by atoms with Crippen molar-refractivity contribution in [2.75, 3.05) is 11.9 Å². The molecule has 5 nitrogen and oxygen atoms in total. The van der Waals surface area contributed by atoms with Crippen LogP contribution in [0.5, 0.6) is 0 Å². The number of halogens is 1. The van der Waals surface area contributed by atoms with Crippen molar-refractivity contribution < 1.29 is 9.53 Å². The first-order valence-corrected chi connectivity index (χ1v) is 7.31. The van der Waals surface area contributed by atoms with Gasteiger partial charge in [0, 0.05) is 22.3 Å². The topological polar surface area (TPSA) is 67.0 Å². The van der Waals surface area contributed by atoms with Crippen LogP contribution in [-0.4, -0.2) is 22.8 Å². The van der Waals surface area contributed by atoms with E-state index in [-0.39, 0.29) is 5.97 Å². The van der Waals surface area contributed by atoms with Crippen molar-refractivity contribution >= 4 is 27.7 Å². The Morgan fingerprint density at radius 1 is 1.43 bits per heavy atom. The van der Waals surface area contributed by atoms with E-state index >= 15 is 0 Å². The second kappa shape index (κ2) is 7.08. The fourth-order valence-electron chi connectivity index (χ4n) is 1.76. The molecule has 2 N–H and O–H groups in total. The van der Waals surface area contributed by atoms with Gasteiger partial charge in [0.25, 0.3) is 0 Å². The quantitative estimate of drug-likeness (QED) is 0.637. The summed E-state index contributed by atoms with van der Waals surface area (Å²) in [4.78, 5) is 11.3. The van der Waals surface area contributed by atoms with Gasteiger partial charge in [0.05, 0.1) is 12.3 Å². The second-order valence-electron chi connectivity index (χ2n) is 4.38. The second-order valence-corrected chi connectivity index (χ2v) is 5.29. The van der Waals surface area contributed by atoms with Crippen LogP contribution in [0, 0.1) is 0 Å². The van der Waals surface area contributed by atoms with Crippen molar-refractivity contribution in [3.63, 3.8) is 0 Å². The Kier molecular flexibility index (Phi) is 5.16. The molecule has 1 aromatic heterocycles. The Morgan fingerprint density at radius 2 is 2.14 bits per heavy atom. The number of nitrogens with zero attached hydrogens (tertiary/aromatic N) is 1. The summed E-state index contributed by atoms with van der Waals surface area (Å²) < 4.78 is 5.87. The van der Waals surface area contributed by atoms with E-state index < -0.39 is 0 Å². The molecule has 6 heteroatoms. The molecule has 21 heavy (non-hydrogen) atoms. The van der Waals surface area contributed by atoms with Crippen LogP contribution in [0.2, 0.25) is 0 Å². The Hall–Kier alpha value is -2.08. The van der Waals surface area contributed by atoms with E-state index in [1.165, 1.54) is 6.08 Å². The molecular formula is C15H16BrN3O2. The predicted molar refractivity (Wildman–Crippen MR) is 85.7 cm³/mol. The monoisotopic (exact) mass is 349 g/mol. The highest BCUT2D eigenvalue weighted by Crippen LogP contribution is 2.22. The van der Waals surface area contributed by atoms with Crippen LogP contribution in [-0.2, 0) is 9.53 Å². The van der Waals surface area contributed by atoms with E-state index in [9.17, 15) is 4.79 Å². The van der Waals surface area contributed by atoms with Gasteiger partial charge in [0.1, 0.15) is 0 Å². The number of rotatable bonds is 5. The normalized spacial score (nSPS) is 11.3. The molecule has 0 atom stereocenters. The summed E-state index contributed by atoms with van der Waals surface area (Å²) in [6.07, 6.45) is 1.40. The lowest BCUT2D eigenvalue weighted by Gasteiger charge is -2.02. The lowest BCUT2D eigenvalue weighted by Crippen LogP contribution is -2.04. The number of nitrogens with one attached hydrogen (secondary N) is 2. The molecule has 0 unspecified atom stereocenters. The van der Waals surface area contributed by atoms with Crippen LogP contribution >= 0.6 is 15.9 Å². The van der Waals surface area contributed by atoms with Gasteiger partial charge in [-0.15, -0.1) is 0 Å². The fraction of sp³-hybridized carbons (Fsp3) is 0.200. The van der Waals surface area contributed by atoms with Crippen molar-refractivity contribution in [1.29, 1.82) is 0 Å². The highest BCUT2D eigenvalue weighted by Gasteiger charge is 2.05. The molecule has 0 aliphatic carbocycles. The number of anilines is 1. The van der Waals surface area contributed by atoms with Gasteiger partial charge in [-0.25, -0.2) is 4.79 Å². The number of allylic oxidation sites excluding steroid dienone is 1. The molecule has 0 aliphatic heterocycles. The maximum absolute atomic E-state index is 11.3. The zero-order valence-corrected chi connectivity index (χ0v) is 13.4. The van der Waals surface area contributed by atoms with Crippen LogP contribution in [0.3, 0.4) is 0 Å². The van der Waals surface area contributed by atoms with E-state index in [2.05, 4.69) is 31.4 Å². The summed E-state index contributed by atoms with van der Waals surface area (Å²) in [6, 6.07) is 9.79. The van der Waals surface area contributed by atoms with E-state index in [4.69, 9.17) is 4.74 Å². The van der Waals surface area contributed by atoms with Crippen LogP contribution < -0.4 is 5.32 Å². The van der Waals surface area contributed by atoms with Gasteiger partial charge in [-0.05, 0) is 31.5 Å². The number of H-pyrrole nitrogens is 1. The van der Waals surface area contributed by atoms with E-state index in [1.54, 1.807) is 13.8 Å². The number of esters is 1. The molecule has 2 aromatic rings. The highest BCUT2D eigenvalue weighted by molar-refractivity contribution is 9.10. The average molecular weight is 350 g/mol. The number of hydrogen-bond acceptors (Lipinski definition) is 4. The number of aromatic amines is 1. The third kappa shape index (κ3) is 4.46. The predicted octanol–water partition coefficient (Wildman–Crippen LogP) is 3.72. The van der Waals surface area contributed by atoms with Crippen molar-refractivity contribution in [3.8, 4) is 11.3 Å². The maximum Gasteiger partial charge on any atom is 0.332 e. The summed E-state index contributed by atoms with van der Waals surface area (Å²) in [5.41, 5.74) is 2.60. The molecule has 110 valence electrons. The van der Waals surface area contributed by atoms with E-state index in [1.807, 2.05) is 30.3 Å². The van der Waals surface area contributed by atoms with Crippen LogP contribution in [0.25, 0.3) is 11.3 Å². The number of aromatic nitrogens is 2. The molecule has 0 amide bonds. The fourth-order valence-corrected chi connectivity index (χ4v) is 2.03. The minimum Gasteiger partial charge on any atom is -0.463 e. The van der Waals surface area contributed by atoms with Gasteiger partial charge in [-0.2, -0.15) is 5.10 Å². The first-order chi connectivity index (χ1) is 10.1. The minimum absolute atomic E-state index is 0.360. The maximum atomic E-state index is 11.3. The highest BCUT2D eigenvalue weighted by atomic mass is 79.9. The number of benzene rings is 1. The third-order valence-corrected chi connectivity index (χ3v) is 3.21. The average Bonchev–Trinajstić information content (AvgIpc) is 2.88. The summed E-state index contributed by atoms with van der Waals surface area (Å²) in [7, 11) is 0. The number of hydrogen-bond donors (Lipinski definition) is 2. The van der Waals surface area contributed by atoms with Gasteiger partial charge in [-0.1, -0.05) is 28.1 Å². The Bertz CT molecular complexity index is 647. The summed E-state index contributed by atoms with van der Waals surface area (Å²) >= 11 is 3.40. The molecule has 0 bridgehead atoms. The van der Waals surface area contributed by atoms with Crippen molar-refractivity contribution in [2.24, 2.45) is 0 Å². The molecule has 1 aromatic carbocycles. The largest absolute Gasteiger partial charge is 0.463 e. The Morgan fingerprint density at radius 3 is 2.81 bits per heavy atom. The minimum atomic E-state index is -0.369. The zero-order valence-electron chi connectivity index (χ0n) is 11.8. The van der Waals surface area contributed by atoms with Crippen molar-refractivity contribution in [3.05, 3.63) is 46.6 Å². The smallest absolute Gasteiger partial charge is 0.332 e. The first-order valence-electron chi connectivity index (χ1n) is 6.52. The summed E-state index contributed by atoms with van der Waals surface area (Å²) in [6.45, 7) is 3.91. The van der Waals surface area contributed by atoms with Crippen LogP contribution in [0.15, 0.2) is 46.6 Å². The lowest BCUT2D eigenvalue weighted by molar-refractivity contribution is -0.137. The number of carbonyl (C=O) groups excluding carboxylic acids is 1. The van der Waals surface area contributed by atoms with Gasteiger partial charge < -0.3 is 10.1 Å². The third-order valence-electron chi connectivity index (χ3n) is 2.68. The van der Waals surface area contributed by atoms with Crippen LogP contribution in [0.4, 0.5) is 5.82 Å².